The van der Waals surface area contributed by atoms with Gasteiger partial charge in [0.25, 0.3) is 0 Å². The van der Waals surface area contributed by atoms with Gasteiger partial charge in [0.1, 0.15) is 0 Å². The molecule has 0 fully saturated rings. The predicted octanol–water partition coefficient (Wildman–Crippen LogP) is 1.30. The fraction of sp³-hybridized carbons (Fsp3) is 0.333. The number of aliphatic hydroxyl groups excluding tert-OH is 1. The first-order valence-corrected chi connectivity index (χ1v) is 4.44. The molecule has 1 rings (SSSR count). The molecule has 0 spiro atoms. The molecule has 0 heterocycles. The predicted molar refractivity (Wildman–Crippen MR) is 54.5 cm³/mol. The third kappa shape index (κ3) is 2.59. The second-order valence-corrected chi connectivity index (χ2v) is 3.33. The summed E-state index contributed by atoms with van der Waals surface area (Å²) >= 11 is 5.79. The molecule has 3 nitrogen and oxygen atoms in total. The molecule has 0 aromatic heterocycles. The molecule has 72 valence electrons. The van der Waals surface area contributed by atoms with E-state index in [0.717, 1.165) is 5.56 Å². The number of benzene rings is 1. The second kappa shape index (κ2) is 4.46. The Morgan fingerprint density at radius 3 is 2.77 bits per heavy atom. The van der Waals surface area contributed by atoms with Gasteiger partial charge in [0.2, 0.25) is 0 Å². The van der Waals surface area contributed by atoms with Crippen molar-refractivity contribution in [1.29, 1.82) is 0 Å². The van der Waals surface area contributed by atoms with Gasteiger partial charge in [-0.15, -0.1) is 0 Å². The van der Waals surface area contributed by atoms with E-state index in [1.807, 2.05) is 0 Å². The van der Waals surface area contributed by atoms with Crippen molar-refractivity contribution in [1.82, 2.24) is 0 Å². The van der Waals surface area contributed by atoms with Gasteiger partial charge >= 0.3 is 0 Å². The quantitative estimate of drug-likeness (QED) is 0.645. The maximum Gasteiger partial charge on any atom is 0.0449 e. The van der Waals surface area contributed by atoms with Crippen LogP contribution in [0.25, 0.3) is 0 Å². The van der Waals surface area contributed by atoms with Gasteiger partial charge < -0.3 is 16.6 Å². The summed E-state index contributed by atoms with van der Waals surface area (Å²) in [7, 11) is 0. The van der Waals surface area contributed by atoms with Gasteiger partial charge in [-0.2, -0.15) is 0 Å². The van der Waals surface area contributed by atoms with Gasteiger partial charge in [-0.3, -0.25) is 0 Å². The SMILES string of the molecule is Nc1ccc(Cl)cc1[C@H](N)CCO. The van der Waals surface area contributed by atoms with E-state index >= 15 is 0 Å². The molecule has 0 saturated carbocycles. The Balaban J connectivity index is 2.91. The van der Waals surface area contributed by atoms with E-state index in [2.05, 4.69) is 0 Å². The first-order chi connectivity index (χ1) is 6.15. The van der Waals surface area contributed by atoms with Crippen LogP contribution in [-0.2, 0) is 0 Å². The number of anilines is 1. The van der Waals surface area contributed by atoms with E-state index in [4.69, 9.17) is 28.2 Å². The monoisotopic (exact) mass is 200 g/mol. The lowest BCUT2D eigenvalue weighted by atomic mass is 10.0. The Morgan fingerprint density at radius 1 is 1.46 bits per heavy atom. The molecule has 1 aromatic rings. The summed E-state index contributed by atoms with van der Waals surface area (Å²) < 4.78 is 0. The summed E-state index contributed by atoms with van der Waals surface area (Å²) in [5.74, 6) is 0. The van der Waals surface area contributed by atoms with Crippen LogP contribution in [0.1, 0.15) is 18.0 Å². The molecule has 5 N–H and O–H groups in total. The Hall–Kier alpha value is -0.770. The van der Waals surface area contributed by atoms with Crippen molar-refractivity contribution in [3.8, 4) is 0 Å². The van der Waals surface area contributed by atoms with Crippen molar-refractivity contribution < 1.29 is 5.11 Å². The van der Waals surface area contributed by atoms with Crippen molar-refractivity contribution in [3.05, 3.63) is 28.8 Å². The third-order valence-corrected chi connectivity index (χ3v) is 2.12. The summed E-state index contributed by atoms with van der Waals surface area (Å²) in [6.07, 6.45) is 0.491. The van der Waals surface area contributed by atoms with E-state index < -0.39 is 0 Å². The molecule has 0 aliphatic heterocycles. The highest BCUT2D eigenvalue weighted by Gasteiger charge is 2.08. The summed E-state index contributed by atoms with van der Waals surface area (Å²) in [5.41, 5.74) is 12.9. The van der Waals surface area contributed by atoms with Gasteiger partial charge in [-0.25, -0.2) is 0 Å². The highest BCUT2D eigenvalue weighted by Crippen LogP contribution is 2.24. The van der Waals surface area contributed by atoms with Crippen LogP contribution in [0.5, 0.6) is 0 Å². The Kier molecular flexibility index (Phi) is 3.54. The lowest BCUT2D eigenvalue weighted by Gasteiger charge is -2.13. The van der Waals surface area contributed by atoms with Crippen LogP contribution in [0.2, 0.25) is 5.02 Å². The fourth-order valence-electron chi connectivity index (χ4n) is 1.16. The van der Waals surface area contributed by atoms with Crippen LogP contribution in [0.4, 0.5) is 5.69 Å². The van der Waals surface area contributed by atoms with Gasteiger partial charge in [-0.1, -0.05) is 11.6 Å². The summed E-state index contributed by atoms with van der Waals surface area (Å²) in [4.78, 5) is 0. The average Bonchev–Trinajstić information content (AvgIpc) is 2.09. The molecular weight excluding hydrogens is 188 g/mol. The second-order valence-electron chi connectivity index (χ2n) is 2.89. The molecule has 13 heavy (non-hydrogen) atoms. The Bertz CT molecular complexity index is 291. The van der Waals surface area contributed by atoms with E-state index in [0.29, 0.717) is 17.1 Å². The molecule has 1 aromatic carbocycles. The minimum Gasteiger partial charge on any atom is -0.398 e. The number of aliphatic hydroxyl groups is 1. The molecule has 0 aliphatic carbocycles. The van der Waals surface area contributed by atoms with Crippen LogP contribution in [0, 0.1) is 0 Å². The van der Waals surface area contributed by atoms with Gasteiger partial charge in [0.15, 0.2) is 0 Å². The maximum atomic E-state index is 8.70. The van der Waals surface area contributed by atoms with E-state index in [-0.39, 0.29) is 12.6 Å². The Morgan fingerprint density at radius 2 is 2.15 bits per heavy atom. The molecule has 1 atom stereocenters. The highest BCUT2D eigenvalue weighted by atomic mass is 35.5. The number of nitrogens with two attached hydrogens (primary N) is 2. The van der Waals surface area contributed by atoms with Crippen LogP contribution in [0.3, 0.4) is 0 Å². The molecule has 4 heteroatoms. The first kappa shape index (κ1) is 10.3. The van der Waals surface area contributed by atoms with Crippen molar-refractivity contribution >= 4 is 17.3 Å². The summed E-state index contributed by atoms with van der Waals surface area (Å²) in [6.45, 7) is 0.0487. The van der Waals surface area contributed by atoms with Gasteiger partial charge in [0.05, 0.1) is 0 Å². The average molecular weight is 201 g/mol. The number of rotatable bonds is 3. The summed E-state index contributed by atoms with van der Waals surface area (Å²) in [6, 6.07) is 4.92. The molecular formula is C9H13ClN2O. The molecule has 0 radical (unpaired) electrons. The Labute approximate surface area is 82.3 Å². The molecule has 0 bridgehead atoms. The van der Waals surface area contributed by atoms with Crippen molar-refractivity contribution in [3.63, 3.8) is 0 Å². The van der Waals surface area contributed by atoms with Crippen LogP contribution in [-0.4, -0.2) is 11.7 Å². The lowest BCUT2D eigenvalue weighted by molar-refractivity contribution is 0.276. The van der Waals surface area contributed by atoms with E-state index in [1.165, 1.54) is 0 Å². The van der Waals surface area contributed by atoms with Crippen molar-refractivity contribution in [2.24, 2.45) is 5.73 Å². The smallest absolute Gasteiger partial charge is 0.0449 e. The minimum absolute atomic E-state index is 0.0487. The molecule has 0 aliphatic rings. The first-order valence-electron chi connectivity index (χ1n) is 4.06. The number of nitrogen functional groups attached to an aromatic ring is 1. The highest BCUT2D eigenvalue weighted by molar-refractivity contribution is 6.30. The van der Waals surface area contributed by atoms with Crippen LogP contribution >= 0.6 is 11.6 Å². The number of hydrogen-bond acceptors (Lipinski definition) is 3. The van der Waals surface area contributed by atoms with Crippen LogP contribution in [0.15, 0.2) is 18.2 Å². The van der Waals surface area contributed by atoms with Crippen molar-refractivity contribution in [2.45, 2.75) is 12.5 Å². The zero-order valence-corrected chi connectivity index (χ0v) is 7.96. The summed E-state index contributed by atoms with van der Waals surface area (Å²) in [5, 5.41) is 9.31. The third-order valence-electron chi connectivity index (χ3n) is 1.89. The zero-order chi connectivity index (χ0) is 9.84. The molecule has 0 saturated heterocycles. The normalized spacial score (nSPS) is 12.8. The maximum absolute atomic E-state index is 8.70. The molecule has 0 amide bonds. The topological polar surface area (TPSA) is 72.3 Å². The largest absolute Gasteiger partial charge is 0.398 e. The van der Waals surface area contributed by atoms with E-state index in [1.54, 1.807) is 18.2 Å². The zero-order valence-electron chi connectivity index (χ0n) is 7.20. The van der Waals surface area contributed by atoms with E-state index in [9.17, 15) is 0 Å². The lowest BCUT2D eigenvalue weighted by Crippen LogP contribution is -2.13. The van der Waals surface area contributed by atoms with Gasteiger partial charge in [0, 0.05) is 23.4 Å². The van der Waals surface area contributed by atoms with Crippen LogP contribution < -0.4 is 11.5 Å². The van der Waals surface area contributed by atoms with Gasteiger partial charge in [-0.05, 0) is 30.2 Å². The number of hydrogen-bond donors (Lipinski definition) is 3. The number of halogens is 1. The standard InChI is InChI=1S/C9H13ClN2O/c10-6-1-2-8(11)7(5-6)9(12)3-4-13/h1-2,5,9,13H,3-4,11-12H2/t9-/m1/s1. The minimum atomic E-state index is -0.247. The molecule has 0 unspecified atom stereocenters. The van der Waals surface area contributed by atoms with Crippen molar-refractivity contribution in [2.75, 3.05) is 12.3 Å². The fourth-order valence-corrected chi connectivity index (χ4v) is 1.34.